The second kappa shape index (κ2) is 8.74. The standard InChI is InChI=1S/C16H30N4O3/c1-5-10(6-2)14(19-9(3)21)12-7-11(15(22)23-4)8-13(12)20-16(17)18/h10-14H,5-8H2,1-4H3,(H,19,21)(H4,17,18,20). The van der Waals surface area contributed by atoms with Crippen LogP contribution in [0.2, 0.25) is 0 Å². The molecule has 132 valence electrons. The van der Waals surface area contributed by atoms with E-state index < -0.39 is 0 Å². The molecule has 0 aliphatic heterocycles. The Bertz CT molecular complexity index is 445. The van der Waals surface area contributed by atoms with E-state index in [2.05, 4.69) is 24.2 Å². The minimum Gasteiger partial charge on any atom is -0.469 e. The van der Waals surface area contributed by atoms with Crippen molar-refractivity contribution in [3.05, 3.63) is 0 Å². The number of hydrogen-bond donors (Lipinski definition) is 3. The molecular formula is C16H30N4O3. The maximum atomic E-state index is 11.9. The van der Waals surface area contributed by atoms with Crippen molar-refractivity contribution in [1.29, 1.82) is 0 Å². The number of nitrogens with one attached hydrogen (secondary N) is 1. The fourth-order valence-electron chi connectivity index (χ4n) is 3.74. The summed E-state index contributed by atoms with van der Waals surface area (Å²) in [6, 6.07) is -0.230. The summed E-state index contributed by atoms with van der Waals surface area (Å²) in [7, 11) is 1.39. The number of ether oxygens (including phenoxy) is 1. The zero-order valence-electron chi connectivity index (χ0n) is 14.5. The molecule has 0 bridgehead atoms. The lowest BCUT2D eigenvalue weighted by Gasteiger charge is -2.33. The number of rotatable bonds is 7. The minimum absolute atomic E-state index is 0.0108. The topological polar surface area (TPSA) is 120 Å². The highest BCUT2D eigenvalue weighted by Crippen LogP contribution is 2.39. The Morgan fingerprint density at radius 3 is 2.30 bits per heavy atom. The molecule has 1 aliphatic carbocycles. The number of carbonyl (C=O) groups is 2. The third-order valence-electron chi connectivity index (χ3n) is 4.81. The van der Waals surface area contributed by atoms with Crippen molar-refractivity contribution in [3.63, 3.8) is 0 Å². The van der Waals surface area contributed by atoms with Crippen molar-refractivity contribution in [3.8, 4) is 0 Å². The minimum atomic E-state index is -0.241. The average Bonchev–Trinajstić information content (AvgIpc) is 2.89. The fraction of sp³-hybridized carbons (Fsp3) is 0.812. The summed E-state index contributed by atoms with van der Waals surface area (Å²) in [6.07, 6.45) is 3.05. The molecule has 1 amide bonds. The molecule has 1 rings (SSSR count). The van der Waals surface area contributed by atoms with Gasteiger partial charge in [0.25, 0.3) is 0 Å². The predicted molar refractivity (Wildman–Crippen MR) is 89.5 cm³/mol. The number of amides is 1. The van der Waals surface area contributed by atoms with Gasteiger partial charge in [0.05, 0.1) is 19.1 Å². The monoisotopic (exact) mass is 326 g/mol. The molecule has 7 heteroatoms. The Morgan fingerprint density at radius 1 is 1.26 bits per heavy atom. The van der Waals surface area contributed by atoms with Crippen LogP contribution >= 0.6 is 0 Å². The molecule has 0 radical (unpaired) electrons. The summed E-state index contributed by atoms with van der Waals surface area (Å²) in [5.41, 5.74) is 11.1. The van der Waals surface area contributed by atoms with Gasteiger partial charge in [-0.3, -0.25) is 9.59 Å². The number of hydrogen-bond acceptors (Lipinski definition) is 4. The van der Waals surface area contributed by atoms with Crippen LogP contribution in [0.25, 0.3) is 0 Å². The normalized spacial score (nSPS) is 25.0. The highest BCUT2D eigenvalue weighted by molar-refractivity contribution is 5.77. The van der Waals surface area contributed by atoms with Gasteiger partial charge in [0.1, 0.15) is 0 Å². The van der Waals surface area contributed by atoms with Gasteiger partial charge in [-0.2, -0.15) is 0 Å². The Labute approximate surface area is 138 Å². The lowest BCUT2D eigenvalue weighted by atomic mass is 9.81. The molecule has 0 aromatic carbocycles. The smallest absolute Gasteiger partial charge is 0.308 e. The van der Waals surface area contributed by atoms with Gasteiger partial charge in [0, 0.05) is 18.9 Å². The average molecular weight is 326 g/mol. The van der Waals surface area contributed by atoms with E-state index in [0.717, 1.165) is 12.8 Å². The van der Waals surface area contributed by atoms with Gasteiger partial charge < -0.3 is 21.5 Å². The molecule has 5 N–H and O–H groups in total. The summed E-state index contributed by atoms with van der Waals surface area (Å²) >= 11 is 0. The van der Waals surface area contributed by atoms with Crippen molar-refractivity contribution in [1.82, 2.24) is 5.32 Å². The third kappa shape index (κ3) is 5.11. The number of nitrogens with zero attached hydrogens (tertiary/aromatic N) is 1. The van der Waals surface area contributed by atoms with Gasteiger partial charge in [0.2, 0.25) is 5.91 Å². The van der Waals surface area contributed by atoms with Gasteiger partial charge in [0.15, 0.2) is 5.96 Å². The molecule has 4 atom stereocenters. The molecule has 1 aliphatic rings. The van der Waals surface area contributed by atoms with Crippen molar-refractivity contribution >= 4 is 17.8 Å². The number of carbonyl (C=O) groups excluding carboxylic acids is 2. The van der Waals surface area contributed by atoms with Crippen LogP contribution in [0.15, 0.2) is 4.99 Å². The lowest BCUT2D eigenvalue weighted by molar-refractivity contribution is -0.145. The molecule has 4 unspecified atom stereocenters. The maximum absolute atomic E-state index is 11.9. The van der Waals surface area contributed by atoms with Gasteiger partial charge in [-0.05, 0) is 18.8 Å². The van der Waals surface area contributed by atoms with Crippen molar-refractivity contribution < 1.29 is 14.3 Å². The predicted octanol–water partition coefficient (Wildman–Crippen LogP) is 0.769. The molecule has 0 aromatic heterocycles. The quantitative estimate of drug-likeness (QED) is 0.362. The molecule has 0 aromatic rings. The molecule has 0 spiro atoms. The first-order valence-electron chi connectivity index (χ1n) is 8.27. The van der Waals surface area contributed by atoms with E-state index in [1.54, 1.807) is 0 Å². The Hall–Kier alpha value is -1.79. The third-order valence-corrected chi connectivity index (χ3v) is 4.81. The second-order valence-electron chi connectivity index (χ2n) is 6.28. The van der Waals surface area contributed by atoms with Gasteiger partial charge in [-0.15, -0.1) is 0 Å². The van der Waals surface area contributed by atoms with E-state index in [9.17, 15) is 9.59 Å². The van der Waals surface area contributed by atoms with Crippen LogP contribution in [0.3, 0.4) is 0 Å². The summed E-state index contributed by atoms with van der Waals surface area (Å²) in [6.45, 7) is 5.72. The molecule has 0 heterocycles. The number of guanidine groups is 1. The van der Waals surface area contributed by atoms with E-state index >= 15 is 0 Å². The van der Waals surface area contributed by atoms with Crippen LogP contribution in [-0.4, -0.2) is 37.0 Å². The van der Waals surface area contributed by atoms with E-state index in [-0.39, 0.29) is 41.8 Å². The molecular weight excluding hydrogens is 296 g/mol. The Balaban J connectivity index is 3.09. The van der Waals surface area contributed by atoms with Gasteiger partial charge in [-0.25, -0.2) is 4.99 Å². The zero-order valence-corrected chi connectivity index (χ0v) is 14.5. The second-order valence-corrected chi connectivity index (χ2v) is 6.28. The first-order chi connectivity index (χ1) is 10.8. The molecule has 0 saturated heterocycles. The lowest BCUT2D eigenvalue weighted by Crippen LogP contribution is -2.47. The van der Waals surface area contributed by atoms with Crippen LogP contribution in [-0.2, 0) is 14.3 Å². The zero-order chi connectivity index (χ0) is 17.6. The van der Waals surface area contributed by atoms with Gasteiger partial charge >= 0.3 is 5.97 Å². The molecule has 23 heavy (non-hydrogen) atoms. The molecule has 7 nitrogen and oxygen atoms in total. The summed E-state index contributed by atoms with van der Waals surface area (Å²) in [4.78, 5) is 27.9. The first kappa shape index (κ1) is 19.3. The fourth-order valence-corrected chi connectivity index (χ4v) is 3.74. The van der Waals surface area contributed by atoms with Crippen LogP contribution in [0.4, 0.5) is 0 Å². The van der Waals surface area contributed by atoms with Crippen LogP contribution in [0, 0.1) is 17.8 Å². The first-order valence-corrected chi connectivity index (χ1v) is 8.27. The summed E-state index contributed by atoms with van der Waals surface area (Å²) < 4.78 is 4.87. The largest absolute Gasteiger partial charge is 0.469 e. The summed E-state index contributed by atoms with van der Waals surface area (Å²) in [5, 5.41) is 3.06. The number of esters is 1. The number of methoxy groups -OCH3 is 1. The van der Waals surface area contributed by atoms with E-state index in [1.807, 2.05) is 0 Å². The molecule has 1 fully saturated rings. The van der Waals surface area contributed by atoms with Crippen molar-refractivity contribution in [2.24, 2.45) is 34.2 Å². The molecule has 1 saturated carbocycles. The van der Waals surface area contributed by atoms with Gasteiger partial charge in [-0.1, -0.05) is 26.7 Å². The van der Waals surface area contributed by atoms with Crippen LogP contribution in [0.1, 0.15) is 46.5 Å². The van der Waals surface area contributed by atoms with Crippen LogP contribution < -0.4 is 16.8 Å². The SMILES string of the molecule is CCC(CC)C(NC(C)=O)C1CC(C(=O)OC)CC1N=C(N)N. The Morgan fingerprint density at radius 2 is 1.87 bits per heavy atom. The Kier molecular flexibility index (Phi) is 7.32. The number of nitrogens with two attached hydrogens (primary N) is 2. The highest BCUT2D eigenvalue weighted by atomic mass is 16.5. The van der Waals surface area contributed by atoms with Crippen molar-refractivity contribution in [2.75, 3.05) is 7.11 Å². The van der Waals surface area contributed by atoms with Crippen molar-refractivity contribution in [2.45, 2.75) is 58.5 Å². The number of aliphatic imine (C=N–C) groups is 1. The van der Waals surface area contributed by atoms with Crippen LogP contribution in [0.5, 0.6) is 0 Å². The van der Waals surface area contributed by atoms with E-state index in [4.69, 9.17) is 16.2 Å². The highest BCUT2D eigenvalue weighted by Gasteiger charge is 2.44. The summed E-state index contributed by atoms with van der Waals surface area (Å²) in [5.74, 6) is -0.200. The van der Waals surface area contributed by atoms with E-state index in [0.29, 0.717) is 18.8 Å². The maximum Gasteiger partial charge on any atom is 0.308 e. The van der Waals surface area contributed by atoms with E-state index in [1.165, 1.54) is 14.0 Å².